The summed E-state index contributed by atoms with van der Waals surface area (Å²) in [5.41, 5.74) is 5.84. The van der Waals surface area contributed by atoms with Gasteiger partial charge in [-0.2, -0.15) is 0 Å². The van der Waals surface area contributed by atoms with E-state index in [1.165, 1.54) is 19.3 Å². The van der Waals surface area contributed by atoms with Crippen LogP contribution in [-0.4, -0.2) is 43.0 Å². The number of nitrogens with zero attached hydrogens (tertiary/aromatic N) is 1. The first kappa shape index (κ1) is 12.5. The van der Waals surface area contributed by atoms with Crippen molar-refractivity contribution in [2.45, 2.75) is 44.2 Å². The van der Waals surface area contributed by atoms with E-state index in [2.05, 4.69) is 24.3 Å². The highest BCUT2D eigenvalue weighted by molar-refractivity contribution is 5.81. The second-order valence-electron chi connectivity index (χ2n) is 4.70. The molecule has 0 spiro atoms. The molecule has 0 heterocycles. The minimum Gasteiger partial charge on any atom is -0.353 e. The molecular formula is C11H23N3O. The fourth-order valence-corrected chi connectivity index (χ4v) is 1.94. The van der Waals surface area contributed by atoms with Crippen LogP contribution in [0.2, 0.25) is 0 Å². The molecule has 0 saturated heterocycles. The largest absolute Gasteiger partial charge is 0.353 e. The summed E-state index contributed by atoms with van der Waals surface area (Å²) in [7, 11) is 4.15. The first-order valence-corrected chi connectivity index (χ1v) is 5.72. The summed E-state index contributed by atoms with van der Waals surface area (Å²) in [4.78, 5) is 13.7. The Kier molecular flexibility index (Phi) is 4.11. The molecule has 1 rings (SSSR count). The third kappa shape index (κ3) is 2.69. The third-order valence-electron chi connectivity index (χ3n) is 3.60. The molecule has 1 atom stereocenters. The van der Waals surface area contributed by atoms with E-state index in [1.807, 2.05) is 6.92 Å². The molecule has 1 amide bonds. The smallest absolute Gasteiger partial charge is 0.236 e. The Balaban J connectivity index is 2.38. The van der Waals surface area contributed by atoms with Crippen LogP contribution < -0.4 is 11.1 Å². The number of likely N-dealkylation sites (N-methyl/N-ethyl adjacent to an activating group) is 1. The van der Waals surface area contributed by atoms with Crippen molar-refractivity contribution in [3.63, 3.8) is 0 Å². The van der Waals surface area contributed by atoms with Crippen LogP contribution in [0.1, 0.15) is 32.6 Å². The summed E-state index contributed by atoms with van der Waals surface area (Å²) in [6, 6.07) is -0.357. The summed E-state index contributed by atoms with van der Waals surface area (Å²) in [6.45, 7) is 2.65. The number of carbonyl (C=O) groups is 1. The zero-order valence-electron chi connectivity index (χ0n) is 10.0. The molecule has 15 heavy (non-hydrogen) atoms. The first-order chi connectivity index (χ1) is 7.02. The molecule has 0 aromatic rings. The van der Waals surface area contributed by atoms with Gasteiger partial charge in [-0.15, -0.1) is 0 Å². The second-order valence-corrected chi connectivity index (χ2v) is 4.70. The molecule has 1 fully saturated rings. The van der Waals surface area contributed by atoms with Crippen molar-refractivity contribution in [3.05, 3.63) is 0 Å². The Hall–Kier alpha value is -0.610. The molecule has 1 aliphatic carbocycles. The molecule has 0 bridgehead atoms. The molecular weight excluding hydrogens is 190 g/mol. The number of hydrogen-bond acceptors (Lipinski definition) is 3. The van der Waals surface area contributed by atoms with Crippen molar-refractivity contribution in [2.24, 2.45) is 5.73 Å². The van der Waals surface area contributed by atoms with Crippen molar-refractivity contribution in [3.8, 4) is 0 Å². The summed E-state index contributed by atoms with van der Waals surface area (Å²) < 4.78 is 0. The van der Waals surface area contributed by atoms with E-state index in [-0.39, 0.29) is 17.5 Å². The zero-order chi connectivity index (χ0) is 11.5. The van der Waals surface area contributed by atoms with Crippen LogP contribution in [0.25, 0.3) is 0 Å². The summed E-state index contributed by atoms with van der Waals surface area (Å²) in [6.07, 6.45) is 4.29. The molecule has 0 aromatic heterocycles. The number of hydrogen-bond donors (Lipinski definition) is 2. The van der Waals surface area contributed by atoms with E-state index >= 15 is 0 Å². The third-order valence-corrected chi connectivity index (χ3v) is 3.60. The van der Waals surface area contributed by atoms with Crippen LogP contribution >= 0.6 is 0 Å². The molecule has 3 N–H and O–H groups in total. The fourth-order valence-electron chi connectivity index (χ4n) is 1.94. The highest BCUT2D eigenvalue weighted by Crippen LogP contribution is 2.35. The van der Waals surface area contributed by atoms with Gasteiger partial charge in [-0.3, -0.25) is 4.79 Å². The molecule has 1 aliphatic rings. The lowest BCUT2D eigenvalue weighted by Gasteiger charge is -2.47. The lowest BCUT2D eigenvalue weighted by atomic mass is 9.75. The highest BCUT2D eigenvalue weighted by atomic mass is 16.2. The van der Waals surface area contributed by atoms with Gasteiger partial charge in [-0.25, -0.2) is 0 Å². The number of carbonyl (C=O) groups excluding carboxylic acids is 1. The maximum Gasteiger partial charge on any atom is 0.236 e. The molecule has 88 valence electrons. The fraction of sp³-hybridized carbons (Fsp3) is 0.909. The Morgan fingerprint density at radius 3 is 2.47 bits per heavy atom. The Labute approximate surface area is 92.2 Å². The number of rotatable bonds is 5. The van der Waals surface area contributed by atoms with Gasteiger partial charge in [-0.05, 0) is 39.8 Å². The Morgan fingerprint density at radius 1 is 1.53 bits per heavy atom. The van der Waals surface area contributed by atoms with E-state index < -0.39 is 0 Å². The Bertz CT molecular complexity index is 224. The summed E-state index contributed by atoms with van der Waals surface area (Å²) >= 11 is 0. The van der Waals surface area contributed by atoms with Gasteiger partial charge in [0.1, 0.15) is 0 Å². The average molecular weight is 213 g/mol. The van der Waals surface area contributed by atoms with Gasteiger partial charge in [0.15, 0.2) is 0 Å². The monoisotopic (exact) mass is 213 g/mol. The van der Waals surface area contributed by atoms with E-state index in [0.29, 0.717) is 6.42 Å². The van der Waals surface area contributed by atoms with Gasteiger partial charge in [0.25, 0.3) is 0 Å². The minimum atomic E-state index is -0.357. The SMILES string of the molecule is CC[C@@H](N)C(=O)NCC1(N(C)C)CCC1. The predicted octanol–water partition coefficient (Wildman–Crippen LogP) is 0.324. The Morgan fingerprint density at radius 2 is 2.13 bits per heavy atom. The maximum atomic E-state index is 11.5. The molecule has 0 unspecified atom stereocenters. The number of amides is 1. The van der Waals surface area contributed by atoms with Crippen molar-refractivity contribution in [1.82, 2.24) is 10.2 Å². The predicted molar refractivity (Wildman–Crippen MR) is 61.5 cm³/mol. The molecule has 4 heteroatoms. The van der Waals surface area contributed by atoms with Gasteiger partial charge in [0, 0.05) is 12.1 Å². The lowest BCUT2D eigenvalue weighted by molar-refractivity contribution is -0.123. The standard InChI is InChI=1S/C11H23N3O/c1-4-9(12)10(15)13-8-11(14(2)3)6-5-7-11/h9H,4-8,12H2,1-3H3,(H,13,15)/t9-/m1/s1. The summed E-state index contributed by atoms with van der Waals surface area (Å²) in [5.74, 6) is -0.0226. The first-order valence-electron chi connectivity index (χ1n) is 5.72. The topological polar surface area (TPSA) is 58.4 Å². The van der Waals surface area contributed by atoms with E-state index in [1.54, 1.807) is 0 Å². The minimum absolute atomic E-state index is 0.0226. The molecule has 0 aromatic carbocycles. The lowest BCUT2D eigenvalue weighted by Crippen LogP contribution is -2.58. The van der Waals surface area contributed by atoms with E-state index in [9.17, 15) is 4.79 Å². The van der Waals surface area contributed by atoms with Crippen LogP contribution in [0, 0.1) is 0 Å². The number of nitrogens with one attached hydrogen (secondary N) is 1. The van der Waals surface area contributed by atoms with Gasteiger partial charge in [-0.1, -0.05) is 6.92 Å². The van der Waals surface area contributed by atoms with Crippen LogP contribution in [0.3, 0.4) is 0 Å². The summed E-state index contributed by atoms with van der Waals surface area (Å²) in [5, 5.41) is 2.95. The van der Waals surface area contributed by atoms with Gasteiger partial charge >= 0.3 is 0 Å². The average Bonchev–Trinajstić information content (AvgIpc) is 2.14. The van der Waals surface area contributed by atoms with Gasteiger partial charge in [0.2, 0.25) is 5.91 Å². The van der Waals surface area contributed by atoms with Gasteiger partial charge in [0.05, 0.1) is 6.04 Å². The van der Waals surface area contributed by atoms with Crippen molar-refractivity contribution in [1.29, 1.82) is 0 Å². The maximum absolute atomic E-state index is 11.5. The number of nitrogens with two attached hydrogens (primary N) is 1. The molecule has 4 nitrogen and oxygen atoms in total. The second kappa shape index (κ2) is 4.94. The molecule has 0 radical (unpaired) electrons. The van der Waals surface area contributed by atoms with Crippen molar-refractivity contribution >= 4 is 5.91 Å². The van der Waals surface area contributed by atoms with E-state index in [0.717, 1.165) is 6.54 Å². The van der Waals surface area contributed by atoms with Crippen LogP contribution in [0.5, 0.6) is 0 Å². The quantitative estimate of drug-likeness (QED) is 0.691. The highest BCUT2D eigenvalue weighted by Gasteiger charge is 2.39. The van der Waals surface area contributed by atoms with E-state index in [4.69, 9.17) is 5.73 Å². The zero-order valence-corrected chi connectivity index (χ0v) is 10.0. The van der Waals surface area contributed by atoms with Crippen molar-refractivity contribution in [2.75, 3.05) is 20.6 Å². The van der Waals surface area contributed by atoms with Crippen LogP contribution in [-0.2, 0) is 4.79 Å². The van der Waals surface area contributed by atoms with Gasteiger partial charge < -0.3 is 16.0 Å². The van der Waals surface area contributed by atoms with Crippen molar-refractivity contribution < 1.29 is 4.79 Å². The normalized spacial score (nSPS) is 20.9. The van der Waals surface area contributed by atoms with Crippen LogP contribution in [0.4, 0.5) is 0 Å². The molecule has 1 saturated carbocycles. The van der Waals surface area contributed by atoms with Crippen LogP contribution in [0.15, 0.2) is 0 Å². The molecule has 0 aliphatic heterocycles.